The second kappa shape index (κ2) is 7.54. The van der Waals surface area contributed by atoms with Gasteiger partial charge < -0.3 is 4.79 Å². The minimum Gasteiger partial charge on any atom is -0.300 e. The van der Waals surface area contributed by atoms with Crippen LogP contribution in [0.25, 0.3) is 0 Å². The normalized spacial score (nSPS) is 14.5. The quantitative estimate of drug-likeness (QED) is 0.708. The smallest absolute Gasteiger partial charge is 0.129 e. The maximum absolute atomic E-state index is 10.8. The number of carbonyl (C=O) groups is 1. The third kappa shape index (κ3) is 5.91. The van der Waals surface area contributed by atoms with Crippen LogP contribution in [0.4, 0.5) is 0 Å². The van der Waals surface area contributed by atoms with Crippen molar-refractivity contribution in [2.24, 2.45) is 5.92 Å². The zero-order valence-corrected chi connectivity index (χ0v) is 11.8. The number of rotatable bonds is 8. The Kier molecular flexibility index (Phi) is 6.34. The lowest BCUT2D eigenvalue weighted by atomic mass is 9.94. The molecule has 1 aromatic heterocycles. The van der Waals surface area contributed by atoms with Crippen LogP contribution in [0.3, 0.4) is 0 Å². The van der Waals surface area contributed by atoms with Gasteiger partial charge in [0.2, 0.25) is 0 Å². The SMILES string of the molecule is CC(=O)CCCC(C)CCC(C)c1nncs1. The highest BCUT2D eigenvalue weighted by atomic mass is 32.1. The molecule has 2 atom stereocenters. The molecule has 0 fully saturated rings. The molecule has 4 heteroatoms. The number of Topliss-reactive ketones (excluding diaryl/α,β-unsaturated/α-hetero) is 1. The van der Waals surface area contributed by atoms with E-state index in [4.69, 9.17) is 0 Å². The summed E-state index contributed by atoms with van der Waals surface area (Å²) in [5.74, 6) is 1.52. The number of hydrogen-bond acceptors (Lipinski definition) is 4. The van der Waals surface area contributed by atoms with E-state index in [0.717, 1.165) is 30.7 Å². The summed E-state index contributed by atoms with van der Waals surface area (Å²) in [7, 11) is 0. The molecule has 0 saturated carbocycles. The number of nitrogens with zero attached hydrogens (tertiary/aromatic N) is 2. The van der Waals surface area contributed by atoms with E-state index >= 15 is 0 Å². The maximum atomic E-state index is 10.8. The topological polar surface area (TPSA) is 42.9 Å². The van der Waals surface area contributed by atoms with Gasteiger partial charge in [0, 0.05) is 12.3 Å². The minimum atomic E-state index is 0.305. The molecule has 96 valence electrons. The van der Waals surface area contributed by atoms with Crippen LogP contribution in [0.1, 0.15) is 63.8 Å². The second-order valence-corrected chi connectivity index (χ2v) is 5.82. The summed E-state index contributed by atoms with van der Waals surface area (Å²) < 4.78 is 0. The van der Waals surface area contributed by atoms with Crippen molar-refractivity contribution in [1.29, 1.82) is 0 Å². The van der Waals surface area contributed by atoms with E-state index in [1.54, 1.807) is 23.8 Å². The Morgan fingerprint density at radius 2 is 2.12 bits per heavy atom. The highest BCUT2D eigenvalue weighted by Crippen LogP contribution is 2.25. The third-order valence-corrected chi connectivity index (χ3v) is 4.04. The first-order chi connectivity index (χ1) is 8.09. The van der Waals surface area contributed by atoms with Crippen LogP contribution in [0.5, 0.6) is 0 Å². The van der Waals surface area contributed by atoms with Crippen molar-refractivity contribution in [2.45, 2.75) is 58.8 Å². The lowest BCUT2D eigenvalue weighted by Gasteiger charge is -2.13. The monoisotopic (exact) mass is 254 g/mol. The van der Waals surface area contributed by atoms with Gasteiger partial charge in [0.1, 0.15) is 16.3 Å². The standard InChI is InChI=1S/C13H22N2OS/c1-10(5-4-6-12(3)16)7-8-11(2)13-15-14-9-17-13/h9-11H,4-8H2,1-3H3. The number of ketones is 1. The van der Waals surface area contributed by atoms with Crippen molar-refractivity contribution in [2.75, 3.05) is 0 Å². The van der Waals surface area contributed by atoms with Crippen molar-refractivity contribution in [3.8, 4) is 0 Å². The first kappa shape index (κ1) is 14.3. The van der Waals surface area contributed by atoms with Crippen molar-refractivity contribution >= 4 is 17.1 Å². The van der Waals surface area contributed by atoms with Crippen molar-refractivity contribution in [3.63, 3.8) is 0 Å². The first-order valence-electron chi connectivity index (χ1n) is 6.35. The summed E-state index contributed by atoms with van der Waals surface area (Å²) in [5.41, 5.74) is 1.79. The van der Waals surface area contributed by atoms with E-state index in [9.17, 15) is 4.79 Å². The Labute approximate surface area is 108 Å². The first-order valence-corrected chi connectivity index (χ1v) is 7.23. The van der Waals surface area contributed by atoms with Gasteiger partial charge in [-0.1, -0.05) is 26.7 Å². The minimum absolute atomic E-state index is 0.305. The molecule has 17 heavy (non-hydrogen) atoms. The molecule has 1 heterocycles. The van der Waals surface area contributed by atoms with Crippen LogP contribution in [0, 0.1) is 5.92 Å². The van der Waals surface area contributed by atoms with Crippen LogP contribution in [0.2, 0.25) is 0 Å². The predicted octanol–water partition coefficient (Wildman–Crippen LogP) is 3.82. The lowest BCUT2D eigenvalue weighted by Crippen LogP contribution is -2.01. The van der Waals surface area contributed by atoms with E-state index in [2.05, 4.69) is 24.0 Å². The van der Waals surface area contributed by atoms with Crippen molar-refractivity contribution in [3.05, 3.63) is 10.5 Å². The molecule has 0 bridgehead atoms. The Bertz CT molecular complexity index is 324. The molecular formula is C13H22N2OS. The number of hydrogen-bond donors (Lipinski definition) is 0. The van der Waals surface area contributed by atoms with E-state index in [0.29, 0.717) is 17.6 Å². The van der Waals surface area contributed by atoms with Crippen LogP contribution in [-0.4, -0.2) is 16.0 Å². The average molecular weight is 254 g/mol. The molecule has 3 nitrogen and oxygen atoms in total. The molecule has 0 amide bonds. The zero-order valence-electron chi connectivity index (χ0n) is 11.0. The third-order valence-electron chi connectivity index (χ3n) is 3.12. The number of aromatic nitrogens is 2. The van der Waals surface area contributed by atoms with E-state index in [1.807, 2.05) is 0 Å². The fourth-order valence-corrected chi connectivity index (χ4v) is 2.54. The Hall–Kier alpha value is -0.770. The molecule has 0 N–H and O–H groups in total. The van der Waals surface area contributed by atoms with Gasteiger partial charge in [-0.3, -0.25) is 0 Å². The fourth-order valence-electron chi connectivity index (χ4n) is 1.90. The van der Waals surface area contributed by atoms with Crippen LogP contribution >= 0.6 is 11.3 Å². The predicted molar refractivity (Wildman–Crippen MR) is 71.3 cm³/mol. The Balaban J connectivity index is 2.15. The van der Waals surface area contributed by atoms with Gasteiger partial charge in [-0.25, -0.2) is 0 Å². The molecule has 1 aromatic rings. The summed E-state index contributed by atoms with van der Waals surface area (Å²) in [6, 6.07) is 0. The van der Waals surface area contributed by atoms with E-state index in [-0.39, 0.29) is 0 Å². The molecule has 0 saturated heterocycles. The van der Waals surface area contributed by atoms with Crippen LogP contribution in [-0.2, 0) is 4.79 Å². The van der Waals surface area contributed by atoms with Gasteiger partial charge in [0.05, 0.1) is 0 Å². The van der Waals surface area contributed by atoms with Crippen LogP contribution < -0.4 is 0 Å². The molecule has 0 radical (unpaired) electrons. The molecule has 0 aliphatic heterocycles. The molecule has 1 rings (SSSR count). The van der Waals surface area contributed by atoms with Gasteiger partial charge in [-0.05, 0) is 25.7 Å². The van der Waals surface area contributed by atoms with Gasteiger partial charge in [-0.2, -0.15) is 0 Å². The molecule has 0 aliphatic carbocycles. The van der Waals surface area contributed by atoms with Gasteiger partial charge in [-0.15, -0.1) is 21.5 Å². The van der Waals surface area contributed by atoms with Crippen LogP contribution in [0.15, 0.2) is 5.51 Å². The van der Waals surface area contributed by atoms with E-state index < -0.39 is 0 Å². The van der Waals surface area contributed by atoms with Crippen molar-refractivity contribution in [1.82, 2.24) is 10.2 Å². The summed E-state index contributed by atoms with van der Waals surface area (Å²) >= 11 is 1.64. The molecule has 0 aliphatic rings. The summed E-state index contributed by atoms with van der Waals surface area (Å²) in [4.78, 5) is 10.8. The lowest BCUT2D eigenvalue weighted by molar-refractivity contribution is -0.117. The highest BCUT2D eigenvalue weighted by molar-refractivity contribution is 7.09. The molecular weight excluding hydrogens is 232 g/mol. The largest absolute Gasteiger partial charge is 0.300 e. The number of carbonyl (C=O) groups excluding carboxylic acids is 1. The summed E-state index contributed by atoms with van der Waals surface area (Å²) in [6.07, 6.45) is 5.29. The molecule has 2 unspecified atom stereocenters. The fraction of sp³-hybridized carbons (Fsp3) is 0.769. The van der Waals surface area contributed by atoms with Gasteiger partial charge in [0.15, 0.2) is 0 Å². The summed E-state index contributed by atoms with van der Waals surface area (Å²) in [5, 5.41) is 9.11. The van der Waals surface area contributed by atoms with Gasteiger partial charge >= 0.3 is 0 Å². The van der Waals surface area contributed by atoms with Gasteiger partial charge in [0.25, 0.3) is 0 Å². The van der Waals surface area contributed by atoms with E-state index in [1.165, 1.54) is 6.42 Å². The molecule has 0 spiro atoms. The Morgan fingerprint density at radius 1 is 1.35 bits per heavy atom. The average Bonchev–Trinajstić information content (AvgIpc) is 2.78. The second-order valence-electron chi connectivity index (χ2n) is 4.95. The van der Waals surface area contributed by atoms with Crippen molar-refractivity contribution < 1.29 is 4.79 Å². The highest BCUT2D eigenvalue weighted by Gasteiger charge is 2.11. The maximum Gasteiger partial charge on any atom is 0.129 e. The molecule has 0 aromatic carbocycles. The Morgan fingerprint density at radius 3 is 2.71 bits per heavy atom. The summed E-state index contributed by atoms with van der Waals surface area (Å²) in [6.45, 7) is 6.15. The zero-order chi connectivity index (χ0) is 12.7.